The number of fused-ring (bicyclic) bond motifs is 1. The Labute approximate surface area is 114 Å². The van der Waals surface area contributed by atoms with Crippen molar-refractivity contribution in [2.24, 2.45) is 5.92 Å². The minimum Gasteiger partial charge on any atom is -0.373 e. The fourth-order valence-corrected chi connectivity index (χ4v) is 3.32. The van der Waals surface area contributed by atoms with Crippen LogP contribution in [0, 0.1) is 5.92 Å². The van der Waals surface area contributed by atoms with Crippen LogP contribution in [-0.2, 0) is 11.2 Å². The molecule has 3 heteroatoms. The maximum atomic E-state index is 12.3. The largest absolute Gasteiger partial charge is 0.373 e. The first-order valence-electron chi connectivity index (χ1n) is 7.37. The quantitative estimate of drug-likeness (QED) is 0.856. The van der Waals surface area contributed by atoms with Gasteiger partial charge in [-0.15, -0.1) is 0 Å². The Morgan fingerprint density at radius 1 is 1.32 bits per heavy atom. The van der Waals surface area contributed by atoms with Crippen LogP contribution < -0.4 is 10.6 Å². The smallest absolute Gasteiger partial charge is 0.243 e. The zero-order chi connectivity index (χ0) is 13.2. The zero-order valence-corrected chi connectivity index (χ0v) is 11.5. The maximum absolute atomic E-state index is 12.3. The third-order valence-corrected chi connectivity index (χ3v) is 4.37. The third-order valence-electron chi connectivity index (χ3n) is 4.37. The van der Waals surface area contributed by atoms with Crippen molar-refractivity contribution in [1.29, 1.82) is 0 Å². The fourth-order valence-electron chi connectivity index (χ4n) is 3.32. The molecule has 1 fully saturated rings. The molecule has 3 unspecified atom stereocenters. The topological polar surface area (TPSA) is 41.1 Å². The second-order valence-electron chi connectivity index (χ2n) is 6.04. The first kappa shape index (κ1) is 12.5. The van der Waals surface area contributed by atoms with Gasteiger partial charge >= 0.3 is 0 Å². The Morgan fingerprint density at radius 3 is 2.95 bits per heavy atom. The number of para-hydroxylation sites is 1. The van der Waals surface area contributed by atoms with E-state index < -0.39 is 0 Å². The molecule has 0 saturated heterocycles. The molecule has 1 aromatic carbocycles. The summed E-state index contributed by atoms with van der Waals surface area (Å²) in [6.45, 7) is 2.28. The highest BCUT2D eigenvalue weighted by Crippen LogP contribution is 2.26. The third kappa shape index (κ3) is 2.75. The van der Waals surface area contributed by atoms with E-state index in [9.17, 15) is 4.79 Å². The number of carbonyl (C=O) groups is 1. The van der Waals surface area contributed by atoms with E-state index in [-0.39, 0.29) is 11.9 Å². The Bertz CT molecular complexity index is 447. The first-order valence-corrected chi connectivity index (χ1v) is 7.37. The van der Waals surface area contributed by atoms with Gasteiger partial charge in [-0.05, 0) is 30.4 Å². The summed E-state index contributed by atoms with van der Waals surface area (Å²) < 4.78 is 0. The molecule has 19 heavy (non-hydrogen) atoms. The first-order chi connectivity index (χ1) is 9.22. The minimum atomic E-state index is -0.0883. The van der Waals surface area contributed by atoms with Crippen molar-refractivity contribution in [1.82, 2.24) is 5.32 Å². The summed E-state index contributed by atoms with van der Waals surface area (Å²) in [6, 6.07) is 8.47. The predicted molar refractivity (Wildman–Crippen MR) is 77.1 cm³/mol. The minimum absolute atomic E-state index is 0.0883. The van der Waals surface area contributed by atoms with E-state index in [2.05, 4.69) is 23.6 Å². The van der Waals surface area contributed by atoms with Crippen LogP contribution in [0.15, 0.2) is 24.3 Å². The molecule has 0 radical (unpaired) electrons. The van der Waals surface area contributed by atoms with Crippen LogP contribution >= 0.6 is 0 Å². The Morgan fingerprint density at radius 2 is 2.16 bits per heavy atom. The highest BCUT2D eigenvalue weighted by Gasteiger charge is 2.28. The average Bonchev–Trinajstić information content (AvgIpc) is 2.82. The molecule has 1 aliphatic carbocycles. The maximum Gasteiger partial charge on any atom is 0.243 e. The monoisotopic (exact) mass is 258 g/mol. The summed E-state index contributed by atoms with van der Waals surface area (Å²) in [5.41, 5.74) is 2.36. The highest BCUT2D eigenvalue weighted by atomic mass is 16.2. The lowest BCUT2D eigenvalue weighted by Crippen LogP contribution is -2.45. The van der Waals surface area contributed by atoms with Gasteiger partial charge in [0.2, 0.25) is 5.91 Å². The Balaban J connectivity index is 1.58. The van der Waals surface area contributed by atoms with Crippen molar-refractivity contribution < 1.29 is 4.79 Å². The number of anilines is 1. The molecule has 1 aromatic rings. The summed E-state index contributed by atoms with van der Waals surface area (Å²) in [6.07, 6.45) is 5.62. The zero-order valence-electron chi connectivity index (χ0n) is 11.5. The molecule has 1 aliphatic heterocycles. The molecule has 1 saturated carbocycles. The number of benzene rings is 1. The van der Waals surface area contributed by atoms with Crippen LogP contribution in [0.4, 0.5) is 5.69 Å². The lowest BCUT2D eigenvalue weighted by Gasteiger charge is -2.28. The van der Waals surface area contributed by atoms with E-state index in [0.29, 0.717) is 6.04 Å². The van der Waals surface area contributed by atoms with E-state index in [0.717, 1.165) is 30.9 Å². The number of hydrogen-bond acceptors (Lipinski definition) is 2. The van der Waals surface area contributed by atoms with E-state index in [1.807, 2.05) is 18.2 Å². The van der Waals surface area contributed by atoms with E-state index in [1.54, 1.807) is 0 Å². The van der Waals surface area contributed by atoms with Crippen molar-refractivity contribution in [2.45, 2.75) is 51.1 Å². The summed E-state index contributed by atoms with van der Waals surface area (Å²) in [4.78, 5) is 12.3. The van der Waals surface area contributed by atoms with Crippen molar-refractivity contribution in [3.8, 4) is 0 Å². The Hall–Kier alpha value is -1.51. The van der Waals surface area contributed by atoms with Gasteiger partial charge in [-0.2, -0.15) is 0 Å². The summed E-state index contributed by atoms with van der Waals surface area (Å²) in [7, 11) is 0. The molecule has 3 nitrogen and oxygen atoms in total. The SMILES string of the molecule is CC1CCCC(NC(=O)C2Cc3ccccc3N2)C1. The Kier molecular flexibility index (Phi) is 3.45. The molecule has 1 heterocycles. The summed E-state index contributed by atoms with van der Waals surface area (Å²) in [5, 5.41) is 6.55. The standard InChI is InChI=1S/C16H22N2O/c1-11-5-4-7-13(9-11)17-16(19)15-10-12-6-2-3-8-14(12)18-15/h2-3,6,8,11,13,15,18H,4-5,7,9-10H2,1H3,(H,17,19). The predicted octanol–water partition coefficient (Wildman–Crippen LogP) is 2.72. The van der Waals surface area contributed by atoms with E-state index in [4.69, 9.17) is 0 Å². The number of rotatable bonds is 2. The van der Waals surface area contributed by atoms with Crippen LogP contribution in [0.3, 0.4) is 0 Å². The normalized spacial score (nSPS) is 29.4. The molecular formula is C16H22N2O. The molecular weight excluding hydrogens is 236 g/mol. The number of nitrogens with one attached hydrogen (secondary N) is 2. The van der Waals surface area contributed by atoms with E-state index in [1.165, 1.54) is 18.4 Å². The van der Waals surface area contributed by atoms with Gasteiger partial charge in [0.1, 0.15) is 6.04 Å². The second-order valence-corrected chi connectivity index (χ2v) is 6.04. The molecule has 0 bridgehead atoms. The van der Waals surface area contributed by atoms with E-state index >= 15 is 0 Å². The van der Waals surface area contributed by atoms with Gasteiger partial charge in [-0.25, -0.2) is 0 Å². The van der Waals surface area contributed by atoms with Gasteiger partial charge in [-0.3, -0.25) is 4.79 Å². The summed E-state index contributed by atoms with van der Waals surface area (Å²) >= 11 is 0. The number of hydrogen-bond donors (Lipinski definition) is 2. The van der Waals surface area contributed by atoms with Gasteiger partial charge in [0.05, 0.1) is 0 Å². The molecule has 0 aromatic heterocycles. The van der Waals surface area contributed by atoms with Gasteiger partial charge in [-0.1, -0.05) is 38.0 Å². The van der Waals surface area contributed by atoms with Crippen LogP contribution in [0.5, 0.6) is 0 Å². The second kappa shape index (κ2) is 5.24. The molecule has 3 atom stereocenters. The van der Waals surface area contributed by atoms with Gasteiger partial charge in [0, 0.05) is 18.2 Å². The van der Waals surface area contributed by atoms with Crippen molar-refractivity contribution in [3.05, 3.63) is 29.8 Å². The van der Waals surface area contributed by atoms with Crippen LogP contribution in [0.2, 0.25) is 0 Å². The molecule has 2 aliphatic rings. The van der Waals surface area contributed by atoms with Gasteiger partial charge < -0.3 is 10.6 Å². The molecule has 102 valence electrons. The summed E-state index contributed by atoms with van der Waals surface area (Å²) in [5.74, 6) is 0.906. The van der Waals surface area contributed by atoms with Gasteiger partial charge in [0.15, 0.2) is 0 Å². The van der Waals surface area contributed by atoms with Crippen molar-refractivity contribution in [3.63, 3.8) is 0 Å². The molecule has 0 spiro atoms. The van der Waals surface area contributed by atoms with Crippen LogP contribution in [-0.4, -0.2) is 18.0 Å². The van der Waals surface area contributed by atoms with Gasteiger partial charge in [0.25, 0.3) is 0 Å². The highest BCUT2D eigenvalue weighted by molar-refractivity contribution is 5.87. The van der Waals surface area contributed by atoms with Crippen molar-refractivity contribution in [2.75, 3.05) is 5.32 Å². The molecule has 2 N–H and O–H groups in total. The molecule has 3 rings (SSSR count). The number of carbonyl (C=O) groups excluding carboxylic acids is 1. The lowest BCUT2D eigenvalue weighted by atomic mass is 9.87. The number of amides is 1. The van der Waals surface area contributed by atoms with Crippen LogP contribution in [0.1, 0.15) is 38.2 Å². The average molecular weight is 258 g/mol. The van der Waals surface area contributed by atoms with Crippen LogP contribution in [0.25, 0.3) is 0 Å². The lowest BCUT2D eigenvalue weighted by molar-refractivity contribution is -0.122. The van der Waals surface area contributed by atoms with Crippen molar-refractivity contribution >= 4 is 11.6 Å². The molecule has 1 amide bonds. The fraction of sp³-hybridized carbons (Fsp3) is 0.562.